The van der Waals surface area contributed by atoms with Gasteiger partial charge in [-0.1, -0.05) is 30.3 Å². The molecule has 1 aliphatic rings. The maximum atomic E-state index is 13.2. The highest BCUT2D eigenvalue weighted by molar-refractivity contribution is 6.25. The predicted octanol–water partition coefficient (Wildman–Crippen LogP) is 2.90. The Bertz CT molecular complexity index is 888. The van der Waals surface area contributed by atoms with Crippen molar-refractivity contribution in [3.8, 4) is 0 Å². The molecular weight excluding hydrogens is 438 g/mol. The van der Waals surface area contributed by atoms with Gasteiger partial charge >= 0.3 is 17.9 Å². The first-order valence-electron chi connectivity index (χ1n) is 10.2. The molecule has 2 rings (SSSR count). The van der Waals surface area contributed by atoms with Crippen molar-refractivity contribution < 1.29 is 33.4 Å². The molecule has 0 aromatic heterocycles. The fourth-order valence-electron chi connectivity index (χ4n) is 3.13. The molecule has 1 amide bonds. The van der Waals surface area contributed by atoms with Crippen LogP contribution in [0.3, 0.4) is 0 Å². The van der Waals surface area contributed by atoms with E-state index in [4.69, 9.17) is 25.8 Å². The lowest BCUT2D eigenvalue weighted by Crippen LogP contribution is -2.58. The van der Waals surface area contributed by atoms with Crippen molar-refractivity contribution in [2.24, 2.45) is 5.41 Å². The van der Waals surface area contributed by atoms with Crippen molar-refractivity contribution in [2.75, 3.05) is 5.88 Å². The maximum Gasteiger partial charge on any atom is 0.344 e. The maximum absolute atomic E-state index is 13.2. The molecule has 0 spiro atoms. The van der Waals surface area contributed by atoms with E-state index in [9.17, 15) is 19.2 Å². The molecule has 8 nitrogen and oxygen atoms in total. The molecule has 1 heterocycles. The number of carbonyl (C=O) groups is 4. The Morgan fingerprint density at radius 2 is 1.47 bits per heavy atom. The summed E-state index contributed by atoms with van der Waals surface area (Å²) in [6.45, 7) is 9.62. The van der Waals surface area contributed by atoms with Crippen molar-refractivity contribution in [3.05, 3.63) is 35.9 Å². The van der Waals surface area contributed by atoms with Crippen molar-refractivity contribution in [1.82, 2.24) is 5.32 Å². The molecule has 0 bridgehead atoms. The van der Waals surface area contributed by atoms with Crippen molar-refractivity contribution in [1.29, 1.82) is 0 Å². The molecule has 2 atom stereocenters. The number of carbonyl (C=O) groups excluding carboxylic acids is 4. The van der Waals surface area contributed by atoms with Gasteiger partial charge in [0.1, 0.15) is 17.8 Å². The molecule has 1 aromatic carbocycles. The average molecular weight is 468 g/mol. The molecule has 9 heteroatoms. The molecule has 1 aliphatic heterocycles. The van der Waals surface area contributed by atoms with E-state index in [0.717, 1.165) is 0 Å². The van der Waals surface area contributed by atoms with E-state index >= 15 is 0 Å². The van der Waals surface area contributed by atoms with Crippen LogP contribution < -0.4 is 5.32 Å². The van der Waals surface area contributed by atoms with Crippen LogP contribution >= 0.6 is 11.6 Å². The monoisotopic (exact) mass is 467 g/mol. The standard InChI is InChI=1S/C23H30ClNO7/c1-20(2,3)31-17(27)22(14-24)13-23(25-16(22)26,19(29)32-21(4,5)6)18(28)30-12-15-10-8-7-9-11-15/h7-11H,12-14H2,1-6H3,(H,25,26). The van der Waals surface area contributed by atoms with Crippen LogP contribution in [0.1, 0.15) is 53.5 Å². The summed E-state index contributed by atoms with van der Waals surface area (Å²) < 4.78 is 16.2. The zero-order valence-electron chi connectivity index (χ0n) is 19.2. The topological polar surface area (TPSA) is 108 Å². The lowest BCUT2D eigenvalue weighted by molar-refractivity contribution is -0.174. The van der Waals surface area contributed by atoms with Gasteiger partial charge in [-0.25, -0.2) is 9.59 Å². The van der Waals surface area contributed by atoms with Crippen LogP contribution in [0.15, 0.2) is 30.3 Å². The SMILES string of the molecule is CC(C)(C)OC(=O)C1(CCl)CC(C(=O)OCc2ccccc2)(C(=O)OC(C)(C)C)NC1=O. The van der Waals surface area contributed by atoms with Gasteiger partial charge in [-0.15, -0.1) is 11.6 Å². The Balaban J connectivity index is 2.42. The summed E-state index contributed by atoms with van der Waals surface area (Å²) in [4.78, 5) is 52.3. The van der Waals surface area contributed by atoms with E-state index in [1.54, 1.807) is 71.9 Å². The first-order valence-corrected chi connectivity index (χ1v) is 10.8. The van der Waals surface area contributed by atoms with E-state index in [1.165, 1.54) is 0 Å². The molecule has 0 saturated carbocycles. The average Bonchev–Trinajstić information content (AvgIpc) is 2.99. The molecule has 2 unspecified atom stereocenters. The Morgan fingerprint density at radius 1 is 0.938 bits per heavy atom. The summed E-state index contributed by atoms with van der Waals surface area (Å²) in [6, 6.07) is 8.82. The second-order valence-corrected chi connectivity index (χ2v) is 10.1. The molecule has 1 saturated heterocycles. The third kappa shape index (κ3) is 5.59. The van der Waals surface area contributed by atoms with Crippen LogP contribution in [0.25, 0.3) is 0 Å². The second-order valence-electron chi connectivity index (χ2n) is 9.82. The number of benzene rings is 1. The molecule has 1 aromatic rings. The lowest BCUT2D eigenvalue weighted by Gasteiger charge is -2.31. The first kappa shape index (κ1) is 25.6. The van der Waals surface area contributed by atoms with Gasteiger partial charge in [-0.3, -0.25) is 9.59 Å². The van der Waals surface area contributed by atoms with Gasteiger partial charge in [0, 0.05) is 12.3 Å². The largest absolute Gasteiger partial charge is 0.459 e. The van der Waals surface area contributed by atoms with Gasteiger partial charge in [-0.2, -0.15) is 0 Å². The van der Waals surface area contributed by atoms with Crippen LogP contribution in [0, 0.1) is 5.41 Å². The number of alkyl halides is 1. The number of ether oxygens (including phenoxy) is 3. The molecule has 1 fully saturated rings. The Morgan fingerprint density at radius 3 is 1.97 bits per heavy atom. The van der Waals surface area contributed by atoms with Crippen LogP contribution in [0.4, 0.5) is 0 Å². The van der Waals surface area contributed by atoms with Crippen molar-refractivity contribution >= 4 is 35.4 Å². The number of hydrogen-bond donors (Lipinski definition) is 1. The summed E-state index contributed by atoms with van der Waals surface area (Å²) >= 11 is 6.06. The summed E-state index contributed by atoms with van der Waals surface area (Å²) in [5, 5.41) is 2.36. The molecule has 32 heavy (non-hydrogen) atoms. The van der Waals surface area contributed by atoms with Crippen LogP contribution in [0.5, 0.6) is 0 Å². The predicted molar refractivity (Wildman–Crippen MR) is 117 cm³/mol. The van der Waals surface area contributed by atoms with Crippen LogP contribution in [0.2, 0.25) is 0 Å². The lowest BCUT2D eigenvalue weighted by atomic mass is 9.81. The van der Waals surface area contributed by atoms with Gasteiger partial charge in [0.05, 0.1) is 0 Å². The first-order chi connectivity index (χ1) is 14.7. The smallest absolute Gasteiger partial charge is 0.344 e. The van der Waals surface area contributed by atoms with Gasteiger partial charge < -0.3 is 19.5 Å². The minimum atomic E-state index is -2.25. The number of esters is 3. The van der Waals surface area contributed by atoms with E-state index in [-0.39, 0.29) is 6.61 Å². The van der Waals surface area contributed by atoms with Crippen LogP contribution in [-0.2, 0) is 40.0 Å². The fraction of sp³-hybridized carbons (Fsp3) is 0.565. The molecule has 0 aliphatic carbocycles. The Kier molecular flexibility index (Phi) is 7.29. The summed E-state index contributed by atoms with van der Waals surface area (Å²) in [5.41, 5.74) is -5.41. The number of hydrogen-bond acceptors (Lipinski definition) is 7. The van der Waals surface area contributed by atoms with Crippen molar-refractivity contribution in [3.63, 3.8) is 0 Å². The minimum absolute atomic E-state index is 0.138. The highest BCUT2D eigenvalue weighted by Crippen LogP contribution is 2.41. The van der Waals surface area contributed by atoms with Gasteiger partial charge in [-0.05, 0) is 47.1 Å². The molecule has 0 radical (unpaired) electrons. The number of amides is 1. The highest BCUT2D eigenvalue weighted by Gasteiger charge is 2.68. The molecular formula is C23H30ClNO7. The number of halogens is 1. The Hall–Kier alpha value is -2.61. The zero-order chi connectivity index (χ0) is 24.4. The van der Waals surface area contributed by atoms with Gasteiger partial charge in [0.25, 0.3) is 0 Å². The quantitative estimate of drug-likeness (QED) is 0.296. The van der Waals surface area contributed by atoms with E-state index in [2.05, 4.69) is 5.32 Å². The van der Waals surface area contributed by atoms with Gasteiger partial charge in [0.2, 0.25) is 11.4 Å². The Labute approximate surface area is 192 Å². The highest BCUT2D eigenvalue weighted by atomic mass is 35.5. The van der Waals surface area contributed by atoms with Crippen molar-refractivity contribution in [2.45, 2.75) is 71.3 Å². The fourth-order valence-corrected chi connectivity index (χ4v) is 3.46. The normalized spacial score (nSPS) is 23.3. The summed E-state index contributed by atoms with van der Waals surface area (Å²) in [5.74, 6) is -4.40. The number of nitrogens with one attached hydrogen (secondary N) is 1. The second kappa shape index (κ2) is 9.10. The summed E-state index contributed by atoms with van der Waals surface area (Å²) in [7, 11) is 0. The number of rotatable bonds is 6. The third-order valence-corrected chi connectivity index (χ3v) is 5.11. The third-order valence-electron chi connectivity index (χ3n) is 4.65. The van der Waals surface area contributed by atoms with E-state index in [1.807, 2.05) is 0 Å². The minimum Gasteiger partial charge on any atom is -0.459 e. The summed E-state index contributed by atoms with van der Waals surface area (Å²) in [6.07, 6.45) is -0.584. The molecule has 176 valence electrons. The molecule has 1 N–H and O–H groups in total. The van der Waals surface area contributed by atoms with E-state index in [0.29, 0.717) is 5.56 Å². The van der Waals surface area contributed by atoms with E-state index < -0.39 is 58.3 Å². The van der Waals surface area contributed by atoms with Crippen LogP contribution in [-0.4, -0.2) is 46.4 Å². The van der Waals surface area contributed by atoms with Gasteiger partial charge in [0.15, 0.2) is 5.41 Å². The zero-order valence-corrected chi connectivity index (χ0v) is 20.0.